The van der Waals surface area contributed by atoms with Crippen LogP contribution in [0.1, 0.15) is 35.8 Å². The van der Waals surface area contributed by atoms with Crippen LogP contribution in [0.25, 0.3) is 16.7 Å². The Morgan fingerprint density at radius 2 is 2.15 bits per heavy atom. The molecule has 2 heterocycles. The lowest BCUT2D eigenvalue weighted by atomic mass is 10.1. The Morgan fingerprint density at radius 3 is 2.85 bits per heavy atom. The maximum absolute atomic E-state index is 12.7. The Kier molecular flexibility index (Phi) is 5.65. The Balaban J connectivity index is 2.07. The first-order valence-electron chi connectivity index (χ1n) is 8.91. The number of pyridine rings is 1. The van der Waals surface area contributed by atoms with Crippen LogP contribution < -0.4 is 4.74 Å². The van der Waals surface area contributed by atoms with E-state index >= 15 is 0 Å². The normalized spacial score (nSPS) is 11.0. The lowest BCUT2D eigenvalue weighted by molar-refractivity contribution is 0.0793. The maximum Gasteiger partial charge on any atom is 0.256 e. The van der Waals surface area contributed by atoms with E-state index in [2.05, 4.69) is 17.0 Å². The molecule has 0 unspecified atom stereocenters. The number of hydrogen-bond donors (Lipinski definition) is 0. The maximum atomic E-state index is 12.7. The third-order valence-corrected chi connectivity index (χ3v) is 4.92. The van der Waals surface area contributed by atoms with E-state index in [4.69, 9.17) is 16.3 Å². The van der Waals surface area contributed by atoms with Crippen molar-refractivity contribution in [3.05, 3.63) is 46.7 Å². The largest absolute Gasteiger partial charge is 0.497 e. The van der Waals surface area contributed by atoms with E-state index in [0.29, 0.717) is 28.2 Å². The molecule has 1 amide bonds. The van der Waals surface area contributed by atoms with E-state index in [1.54, 1.807) is 23.7 Å². The third kappa shape index (κ3) is 3.62. The van der Waals surface area contributed by atoms with Gasteiger partial charge in [-0.25, -0.2) is 9.67 Å². The minimum absolute atomic E-state index is 0.128. The molecular weight excluding hydrogens is 364 g/mol. The molecule has 0 saturated heterocycles. The number of fused-ring (bicyclic) bond motifs is 1. The molecule has 3 aromatic rings. The fourth-order valence-electron chi connectivity index (χ4n) is 2.98. The number of methoxy groups -OCH3 is 1. The van der Waals surface area contributed by atoms with Crippen LogP contribution in [0.5, 0.6) is 5.75 Å². The Hall–Kier alpha value is -2.60. The van der Waals surface area contributed by atoms with Crippen molar-refractivity contribution in [3.8, 4) is 11.4 Å². The number of halogens is 1. The van der Waals surface area contributed by atoms with Gasteiger partial charge in [0, 0.05) is 25.9 Å². The number of aryl methyl sites for hydroxylation is 1. The Bertz CT molecular complexity index is 984. The third-order valence-electron chi connectivity index (χ3n) is 4.53. The molecule has 27 heavy (non-hydrogen) atoms. The van der Waals surface area contributed by atoms with Gasteiger partial charge >= 0.3 is 0 Å². The zero-order valence-corrected chi connectivity index (χ0v) is 16.7. The zero-order valence-electron chi connectivity index (χ0n) is 16.0. The number of carbonyl (C=O) groups excluding carboxylic acids is 1. The molecule has 7 heteroatoms. The highest BCUT2D eigenvalue weighted by Gasteiger charge is 2.22. The van der Waals surface area contributed by atoms with Gasteiger partial charge in [0.25, 0.3) is 5.91 Å². The summed E-state index contributed by atoms with van der Waals surface area (Å²) >= 11 is 6.61. The number of rotatable bonds is 6. The number of benzene rings is 1. The molecule has 142 valence electrons. The molecule has 0 aliphatic rings. The SMILES string of the molecule is CCCCN(C)C(=O)c1cnc2c(c(C)nn2-c2cccc(OC)c2)c1Cl. The van der Waals surface area contributed by atoms with Gasteiger partial charge in [-0.05, 0) is 25.5 Å². The molecule has 0 saturated carbocycles. The molecule has 0 bridgehead atoms. The first-order valence-corrected chi connectivity index (χ1v) is 9.29. The van der Waals surface area contributed by atoms with E-state index in [1.165, 1.54) is 6.20 Å². The first-order chi connectivity index (χ1) is 13.0. The fraction of sp³-hybridized carbons (Fsp3) is 0.350. The highest BCUT2D eigenvalue weighted by atomic mass is 35.5. The Morgan fingerprint density at radius 1 is 1.37 bits per heavy atom. The van der Waals surface area contributed by atoms with Crippen molar-refractivity contribution in [3.63, 3.8) is 0 Å². The summed E-state index contributed by atoms with van der Waals surface area (Å²) in [5, 5.41) is 5.66. The summed E-state index contributed by atoms with van der Waals surface area (Å²) in [7, 11) is 3.40. The van der Waals surface area contributed by atoms with Crippen LogP contribution >= 0.6 is 11.6 Å². The van der Waals surface area contributed by atoms with Gasteiger partial charge in [0.05, 0.1) is 34.5 Å². The smallest absolute Gasteiger partial charge is 0.256 e. The molecular formula is C20H23ClN4O2. The highest BCUT2D eigenvalue weighted by Crippen LogP contribution is 2.31. The molecule has 0 N–H and O–H groups in total. The van der Waals surface area contributed by atoms with Crippen LogP contribution in [-0.2, 0) is 0 Å². The van der Waals surface area contributed by atoms with Crippen LogP contribution in [0.2, 0.25) is 5.02 Å². The first kappa shape index (κ1) is 19.2. The van der Waals surface area contributed by atoms with E-state index in [-0.39, 0.29) is 5.91 Å². The van der Waals surface area contributed by atoms with Crippen LogP contribution in [0, 0.1) is 6.92 Å². The molecule has 0 aliphatic carbocycles. The molecule has 0 aliphatic heterocycles. The molecule has 0 spiro atoms. The minimum Gasteiger partial charge on any atom is -0.497 e. The summed E-state index contributed by atoms with van der Waals surface area (Å²) in [4.78, 5) is 18.9. The summed E-state index contributed by atoms with van der Waals surface area (Å²) in [6, 6.07) is 7.55. The van der Waals surface area contributed by atoms with Crippen molar-refractivity contribution >= 4 is 28.5 Å². The van der Waals surface area contributed by atoms with Gasteiger partial charge in [0.2, 0.25) is 0 Å². The standard InChI is InChI=1S/C20H23ClN4O2/c1-5-6-10-24(3)20(26)16-12-22-19-17(18(16)21)13(2)23-25(19)14-8-7-9-15(11-14)27-4/h7-9,11-12H,5-6,10H2,1-4H3. The lowest BCUT2D eigenvalue weighted by Gasteiger charge is -2.17. The van der Waals surface area contributed by atoms with Crippen molar-refractivity contribution in [1.29, 1.82) is 0 Å². The van der Waals surface area contributed by atoms with Crippen molar-refractivity contribution in [2.45, 2.75) is 26.7 Å². The van der Waals surface area contributed by atoms with Crippen LogP contribution in [0.3, 0.4) is 0 Å². The lowest BCUT2D eigenvalue weighted by Crippen LogP contribution is -2.28. The number of amides is 1. The summed E-state index contributed by atoms with van der Waals surface area (Å²) < 4.78 is 7.01. The number of aromatic nitrogens is 3. The van der Waals surface area contributed by atoms with Crippen molar-refractivity contribution in [2.75, 3.05) is 20.7 Å². The number of carbonyl (C=O) groups is 1. The van der Waals surface area contributed by atoms with E-state index in [1.807, 2.05) is 31.2 Å². The van der Waals surface area contributed by atoms with Crippen molar-refractivity contribution in [2.24, 2.45) is 0 Å². The van der Waals surface area contributed by atoms with Gasteiger partial charge in [0.1, 0.15) is 5.75 Å². The summed E-state index contributed by atoms with van der Waals surface area (Å²) in [5.41, 5.74) is 2.54. The quantitative estimate of drug-likeness (QED) is 0.635. The number of unbranched alkanes of at least 4 members (excludes halogenated alkanes) is 1. The topological polar surface area (TPSA) is 60.2 Å². The van der Waals surface area contributed by atoms with Crippen molar-refractivity contribution in [1.82, 2.24) is 19.7 Å². The predicted molar refractivity (Wildman–Crippen MR) is 107 cm³/mol. The monoisotopic (exact) mass is 386 g/mol. The molecule has 1 aromatic carbocycles. The van der Waals surface area contributed by atoms with E-state index in [9.17, 15) is 4.79 Å². The van der Waals surface area contributed by atoms with Crippen LogP contribution in [0.4, 0.5) is 0 Å². The Labute approximate surface area is 163 Å². The van der Waals surface area contributed by atoms with Gasteiger partial charge in [-0.15, -0.1) is 0 Å². The highest BCUT2D eigenvalue weighted by molar-refractivity contribution is 6.38. The van der Waals surface area contributed by atoms with E-state index < -0.39 is 0 Å². The fourth-order valence-corrected chi connectivity index (χ4v) is 3.33. The molecule has 3 rings (SSSR count). The van der Waals surface area contributed by atoms with Crippen molar-refractivity contribution < 1.29 is 9.53 Å². The zero-order chi connectivity index (χ0) is 19.6. The summed E-state index contributed by atoms with van der Waals surface area (Å²) in [6.07, 6.45) is 3.50. The molecule has 0 atom stereocenters. The predicted octanol–water partition coefficient (Wildman–Crippen LogP) is 4.26. The van der Waals surface area contributed by atoms with Crippen LogP contribution in [0.15, 0.2) is 30.5 Å². The average molecular weight is 387 g/mol. The average Bonchev–Trinajstić information content (AvgIpc) is 3.03. The number of ether oxygens (including phenoxy) is 1. The van der Waals surface area contributed by atoms with E-state index in [0.717, 1.165) is 30.0 Å². The summed E-state index contributed by atoms with van der Waals surface area (Å²) in [6.45, 7) is 4.64. The van der Waals surface area contributed by atoms with Crippen LogP contribution in [-0.4, -0.2) is 46.3 Å². The van der Waals surface area contributed by atoms with Gasteiger partial charge in [-0.1, -0.05) is 31.0 Å². The molecule has 0 radical (unpaired) electrons. The number of nitrogens with zero attached hydrogens (tertiary/aromatic N) is 4. The van der Waals surface area contributed by atoms with Gasteiger partial charge in [-0.3, -0.25) is 4.79 Å². The second kappa shape index (κ2) is 7.96. The second-order valence-corrected chi connectivity index (χ2v) is 6.84. The molecule has 6 nitrogen and oxygen atoms in total. The second-order valence-electron chi connectivity index (χ2n) is 6.46. The molecule has 2 aromatic heterocycles. The van der Waals surface area contributed by atoms with Gasteiger partial charge < -0.3 is 9.64 Å². The van der Waals surface area contributed by atoms with Gasteiger partial charge in [0.15, 0.2) is 5.65 Å². The number of hydrogen-bond acceptors (Lipinski definition) is 4. The minimum atomic E-state index is -0.128. The summed E-state index contributed by atoms with van der Waals surface area (Å²) in [5.74, 6) is 0.598. The van der Waals surface area contributed by atoms with Gasteiger partial charge in [-0.2, -0.15) is 5.10 Å². The molecule has 0 fully saturated rings.